The van der Waals surface area contributed by atoms with Gasteiger partial charge in [0.1, 0.15) is 0 Å². The van der Waals surface area contributed by atoms with Crippen molar-refractivity contribution in [3.8, 4) is 0 Å². The number of fused-ring (bicyclic) bond motifs is 2. The molecule has 4 atom stereocenters. The summed E-state index contributed by atoms with van der Waals surface area (Å²) in [5.41, 5.74) is 6.44. The molecule has 3 heteroatoms. The van der Waals surface area contributed by atoms with Crippen molar-refractivity contribution in [1.82, 2.24) is 0 Å². The molecule has 0 aliphatic heterocycles. The molecule has 2 bridgehead atoms. The molecule has 0 saturated heterocycles. The van der Waals surface area contributed by atoms with Gasteiger partial charge in [-0.05, 0) is 49.4 Å². The first-order chi connectivity index (χ1) is 7.15. The monoisotopic (exact) mass is 209 g/mol. The quantitative estimate of drug-likeness (QED) is 0.726. The van der Waals surface area contributed by atoms with Gasteiger partial charge >= 0.3 is 5.97 Å². The molecule has 84 valence electrons. The van der Waals surface area contributed by atoms with Crippen molar-refractivity contribution in [3.63, 3.8) is 0 Å². The van der Waals surface area contributed by atoms with E-state index in [0.717, 1.165) is 18.8 Å². The fourth-order valence-electron chi connectivity index (χ4n) is 4.39. The first-order valence-corrected chi connectivity index (χ1v) is 6.13. The number of hydrogen-bond acceptors (Lipinski definition) is 2. The van der Waals surface area contributed by atoms with Crippen molar-refractivity contribution in [3.05, 3.63) is 0 Å². The number of carbonyl (C=O) groups is 1. The maximum atomic E-state index is 11.2. The van der Waals surface area contributed by atoms with Gasteiger partial charge < -0.3 is 10.8 Å². The normalized spacial score (nSPS) is 49.3. The Kier molecular flexibility index (Phi) is 1.91. The van der Waals surface area contributed by atoms with Gasteiger partial charge in [-0.2, -0.15) is 0 Å². The van der Waals surface area contributed by atoms with Crippen molar-refractivity contribution in [2.75, 3.05) is 0 Å². The third-order valence-corrected chi connectivity index (χ3v) is 5.38. The maximum absolute atomic E-state index is 11.2. The van der Waals surface area contributed by atoms with E-state index in [4.69, 9.17) is 5.73 Å². The second-order valence-electron chi connectivity index (χ2n) is 5.75. The molecule has 0 amide bonds. The van der Waals surface area contributed by atoms with E-state index in [-0.39, 0.29) is 17.4 Å². The first kappa shape index (κ1) is 9.64. The van der Waals surface area contributed by atoms with E-state index >= 15 is 0 Å². The minimum Gasteiger partial charge on any atom is -0.481 e. The van der Waals surface area contributed by atoms with Crippen molar-refractivity contribution in [2.45, 2.75) is 44.6 Å². The van der Waals surface area contributed by atoms with Crippen LogP contribution in [0.2, 0.25) is 0 Å². The van der Waals surface area contributed by atoms with Crippen LogP contribution in [-0.4, -0.2) is 17.1 Å². The molecule has 0 aromatic carbocycles. The largest absolute Gasteiger partial charge is 0.481 e. The van der Waals surface area contributed by atoms with Crippen LogP contribution in [0.25, 0.3) is 0 Å². The highest BCUT2D eigenvalue weighted by molar-refractivity contribution is 5.72. The molecule has 3 N–H and O–H groups in total. The summed E-state index contributed by atoms with van der Waals surface area (Å²) in [6.45, 7) is 0. The Hall–Kier alpha value is -0.570. The number of rotatable bonds is 2. The average Bonchev–Trinajstić information content (AvgIpc) is 2.56. The van der Waals surface area contributed by atoms with Crippen LogP contribution in [0.5, 0.6) is 0 Å². The summed E-state index contributed by atoms with van der Waals surface area (Å²) in [4.78, 5) is 11.2. The zero-order chi connectivity index (χ0) is 10.6. The van der Waals surface area contributed by atoms with E-state index in [9.17, 15) is 9.90 Å². The molecule has 0 radical (unpaired) electrons. The molecule has 15 heavy (non-hydrogen) atoms. The van der Waals surface area contributed by atoms with Gasteiger partial charge in [-0.15, -0.1) is 0 Å². The minimum absolute atomic E-state index is 0.0703. The predicted octanol–water partition coefficient (Wildman–Crippen LogP) is 1.61. The number of carboxylic acid groups (broad SMARTS) is 1. The smallest absolute Gasteiger partial charge is 0.308 e. The zero-order valence-electron chi connectivity index (χ0n) is 8.98. The maximum Gasteiger partial charge on any atom is 0.308 e. The molecule has 0 aromatic rings. The molecule has 3 saturated carbocycles. The van der Waals surface area contributed by atoms with Crippen molar-refractivity contribution >= 4 is 5.97 Å². The Bertz CT molecular complexity index is 300. The molecule has 3 rings (SSSR count). The predicted molar refractivity (Wildman–Crippen MR) is 56.2 cm³/mol. The van der Waals surface area contributed by atoms with E-state index in [0.29, 0.717) is 5.92 Å². The lowest BCUT2D eigenvalue weighted by atomic mass is 9.60. The van der Waals surface area contributed by atoms with Gasteiger partial charge in [-0.3, -0.25) is 4.79 Å². The third kappa shape index (κ3) is 1.07. The Labute approximate surface area is 90.0 Å². The standard InChI is InChI=1S/C12H19NO2/c13-10-9(11(14)15)7-4-5-12(10,6-7)8-2-1-3-8/h7-10H,1-6,13H2,(H,14,15)/t7-,9+,10+,12+/m0/s1. The Morgan fingerprint density at radius 3 is 2.53 bits per heavy atom. The molecule has 0 heterocycles. The van der Waals surface area contributed by atoms with Crippen LogP contribution < -0.4 is 5.73 Å². The first-order valence-electron chi connectivity index (χ1n) is 6.13. The highest BCUT2D eigenvalue weighted by atomic mass is 16.4. The highest BCUT2D eigenvalue weighted by Gasteiger charge is 2.62. The Balaban J connectivity index is 1.89. The fourth-order valence-corrected chi connectivity index (χ4v) is 4.39. The molecule has 0 spiro atoms. The number of aliphatic carboxylic acids is 1. The number of hydrogen-bond donors (Lipinski definition) is 2. The van der Waals surface area contributed by atoms with E-state index in [1.165, 1.54) is 25.7 Å². The van der Waals surface area contributed by atoms with Crippen LogP contribution in [0, 0.1) is 23.2 Å². The van der Waals surface area contributed by atoms with Gasteiger partial charge in [0.15, 0.2) is 0 Å². The number of carboxylic acids is 1. The summed E-state index contributed by atoms with van der Waals surface area (Å²) in [6, 6.07) is -0.0703. The van der Waals surface area contributed by atoms with Gasteiger partial charge in [-0.25, -0.2) is 0 Å². The van der Waals surface area contributed by atoms with Crippen LogP contribution in [-0.2, 0) is 4.79 Å². The van der Waals surface area contributed by atoms with Gasteiger partial charge in [0.05, 0.1) is 5.92 Å². The summed E-state index contributed by atoms with van der Waals surface area (Å²) >= 11 is 0. The highest BCUT2D eigenvalue weighted by Crippen LogP contribution is 2.63. The average molecular weight is 209 g/mol. The molecule has 3 nitrogen and oxygen atoms in total. The van der Waals surface area contributed by atoms with Gasteiger partial charge in [0.25, 0.3) is 0 Å². The van der Waals surface area contributed by atoms with E-state index in [1.54, 1.807) is 0 Å². The van der Waals surface area contributed by atoms with Crippen molar-refractivity contribution in [1.29, 1.82) is 0 Å². The molecule has 3 fully saturated rings. The van der Waals surface area contributed by atoms with Crippen LogP contribution in [0.3, 0.4) is 0 Å². The zero-order valence-corrected chi connectivity index (χ0v) is 8.98. The van der Waals surface area contributed by atoms with Crippen LogP contribution in [0.1, 0.15) is 38.5 Å². The van der Waals surface area contributed by atoms with Gasteiger partial charge in [-0.1, -0.05) is 6.42 Å². The molecule has 3 aliphatic carbocycles. The summed E-state index contributed by atoms with van der Waals surface area (Å²) in [7, 11) is 0. The van der Waals surface area contributed by atoms with Crippen LogP contribution in [0.15, 0.2) is 0 Å². The number of nitrogens with two attached hydrogens (primary N) is 1. The lowest BCUT2D eigenvalue weighted by molar-refractivity contribution is -0.145. The van der Waals surface area contributed by atoms with E-state index in [1.807, 2.05) is 0 Å². The lowest BCUT2D eigenvalue weighted by Crippen LogP contribution is -2.51. The second-order valence-corrected chi connectivity index (χ2v) is 5.75. The molecular formula is C12H19NO2. The SMILES string of the molecule is N[C@@H]1[C@H](C(=O)O)[C@H]2CC[C@]1(C1CCC1)C2. The summed E-state index contributed by atoms with van der Waals surface area (Å²) in [5.74, 6) is 0.202. The summed E-state index contributed by atoms with van der Waals surface area (Å²) in [6.07, 6.45) is 7.27. The molecular weight excluding hydrogens is 190 g/mol. The molecule has 0 aromatic heterocycles. The van der Waals surface area contributed by atoms with Gasteiger partial charge in [0, 0.05) is 6.04 Å². The van der Waals surface area contributed by atoms with E-state index in [2.05, 4.69) is 0 Å². The van der Waals surface area contributed by atoms with Crippen LogP contribution in [0.4, 0.5) is 0 Å². The lowest BCUT2D eigenvalue weighted by Gasteiger charge is -2.46. The third-order valence-electron chi connectivity index (χ3n) is 5.38. The molecule has 3 aliphatic rings. The Morgan fingerprint density at radius 1 is 1.33 bits per heavy atom. The summed E-state index contributed by atoms with van der Waals surface area (Å²) in [5, 5.41) is 9.21. The van der Waals surface area contributed by atoms with Gasteiger partial charge in [0.2, 0.25) is 0 Å². The molecule has 0 unspecified atom stereocenters. The van der Waals surface area contributed by atoms with E-state index < -0.39 is 5.97 Å². The minimum atomic E-state index is -0.659. The van der Waals surface area contributed by atoms with Crippen molar-refractivity contribution in [2.24, 2.45) is 28.9 Å². The Morgan fingerprint density at radius 2 is 2.07 bits per heavy atom. The fraction of sp³-hybridized carbons (Fsp3) is 0.917. The second kappa shape index (κ2) is 2.97. The summed E-state index contributed by atoms with van der Waals surface area (Å²) < 4.78 is 0. The topological polar surface area (TPSA) is 63.3 Å². The van der Waals surface area contributed by atoms with Crippen LogP contribution >= 0.6 is 0 Å². The van der Waals surface area contributed by atoms with Crippen molar-refractivity contribution < 1.29 is 9.90 Å².